The van der Waals surface area contributed by atoms with Crippen molar-refractivity contribution in [3.8, 4) is 0 Å². The highest BCUT2D eigenvalue weighted by molar-refractivity contribution is 5.69. The zero-order valence-corrected chi connectivity index (χ0v) is 39.5. The Morgan fingerprint density at radius 2 is 0.569 bits per heavy atom. The summed E-state index contributed by atoms with van der Waals surface area (Å²) in [6.45, 7) is 19.8. The summed E-state index contributed by atoms with van der Waals surface area (Å²) in [4.78, 5) is 32.6. The van der Waals surface area contributed by atoms with Gasteiger partial charge in [-0.15, -0.1) is 0 Å². The largest absolute Gasteiger partial charge is 0.464 e. The summed E-state index contributed by atoms with van der Waals surface area (Å²) in [6.07, 6.45) is 37.4. The van der Waals surface area contributed by atoms with Crippen LogP contribution in [0.1, 0.15) is 233 Å². The number of carbonyl (C=O) groups excluding carboxylic acids is 2. The van der Waals surface area contributed by atoms with Gasteiger partial charge in [0.2, 0.25) is 0 Å². The van der Waals surface area contributed by atoms with Gasteiger partial charge >= 0.3 is 11.9 Å². The highest BCUT2D eigenvalue weighted by Crippen LogP contribution is 2.12. The van der Waals surface area contributed by atoms with Crippen molar-refractivity contribution < 1.29 is 24.2 Å². The molecule has 0 aromatic heterocycles. The number of hydrogen-bond donors (Lipinski definition) is 1. The van der Waals surface area contributed by atoms with E-state index in [4.69, 9.17) is 9.47 Å². The number of hydrogen-bond acceptors (Lipinski definition) is 8. The van der Waals surface area contributed by atoms with Gasteiger partial charge in [-0.1, -0.05) is 156 Å². The molecule has 0 bridgehead atoms. The number of rotatable bonds is 48. The molecule has 0 heterocycles. The molecule has 0 spiro atoms. The lowest BCUT2D eigenvalue weighted by atomic mass is 10.1. The van der Waals surface area contributed by atoms with E-state index in [0.29, 0.717) is 26.1 Å². The molecule has 0 unspecified atom stereocenters. The molecule has 0 saturated heterocycles. The fourth-order valence-electron chi connectivity index (χ4n) is 7.85. The summed E-state index contributed by atoms with van der Waals surface area (Å²) in [5.74, 6) is -0.0778. The van der Waals surface area contributed by atoms with Gasteiger partial charge in [-0.3, -0.25) is 19.4 Å². The second-order valence-corrected chi connectivity index (χ2v) is 17.4. The monoisotopic (exact) mass is 824 g/mol. The van der Waals surface area contributed by atoms with Gasteiger partial charge in [0.05, 0.1) is 0 Å². The van der Waals surface area contributed by atoms with Gasteiger partial charge in [0.25, 0.3) is 0 Å². The average molecular weight is 824 g/mol. The minimum atomic E-state index is -0.0389. The van der Waals surface area contributed by atoms with E-state index in [-0.39, 0.29) is 18.5 Å². The Morgan fingerprint density at radius 3 is 0.879 bits per heavy atom. The fraction of sp³-hybridized carbons (Fsp3) is 0.960. The third-order valence-electron chi connectivity index (χ3n) is 11.7. The normalized spacial score (nSPS) is 11.7. The van der Waals surface area contributed by atoms with Crippen molar-refractivity contribution in [3.63, 3.8) is 0 Å². The van der Waals surface area contributed by atoms with Crippen LogP contribution in [0.25, 0.3) is 0 Å². The molecule has 8 heteroatoms. The van der Waals surface area contributed by atoms with Crippen molar-refractivity contribution in [2.45, 2.75) is 233 Å². The fourth-order valence-corrected chi connectivity index (χ4v) is 7.85. The van der Waals surface area contributed by atoms with E-state index in [0.717, 1.165) is 123 Å². The van der Waals surface area contributed by atoms with Crippen LogP contribution in [0.4, 0.5) is 0 Å². The lowest BCUT2D eigenvalue weighted by molar-refractivity contribution is -0.145. The number of aliphatic hydroxyl groups is 1. The smallest absolute Gasteiger partial charge is 0.305 e. The Bertz CT molecular complexity index is 784. The summed E-state index contributed by atoms with van der Waals surface area (Å²) in [5.41, 5.74) is 0. The van der Waals surface area contributed by atoms with Crippen LogP contribution < -0.4 is 0 Å². The summed E-state index contributed by atoms with van der Waals surface area (Å²) in [5, 5.41) is 9.32. The van der Waals surface area contributed by atoms with Crippen molar-refractivity contribution >= 4 is 11.9 Å². The molecule has 0 fully saturated rings. The minimum absolute atomic E-state index is 0.0389. The molecule has 0 aliphatic rings. The summed E-state index contributed by atoms with van der Waals surface area (Å²) >= 11 is 0. The maximum Gasteiger partial charge on any atom is 0.305 e. The molecule has 0 aliphatic heterocycles. The second-order valence-electron chi connectivity index (χ2n) is 17.4. The molecule has 0 amide bonds. The van der Waals surface area contributed by atoms with E-state index in [1.807, 2.05) is 0 Å². The third kappa shape index (κ3) is 41.5. The van der Waals surface area contributed by atoms with Gasteiger partial charge in [0, 0.05) is 32.5 Å². The second kappa shape index (κ2) is 46.8. The van der Waals surface area contributed by atoms with E-state index >= 15 is 0 Å². The number of nitrogens with zero attached hydrogens (tertiary/aromatic N) is 3. The number of ether oxygens (including phenoxy) is 2. The first-order chi connectivity index (χ1) is 28.5. The van der Waals surface area contributed by atoms with Gasteiger partial charge in [-0.05, 0) is 110 Å². The third-order valence-corrected chi connectivity index (χ3v) is 11.7. The van der Waals surface area contributed by atoms with Crippen LogP contribution >= 0.6 is 0 Å². The van der Waals surface area contributed by atoms with Gasteiger partial charge < -0.3 is 19.5 Å². The van der Waals surface area contributed by atoms with Crippen LogP contribution in [-0.4, -0.2) is 110 Å². The molecule has 0 aromatic rings. The van der Waals surface area contributed by atoms with Gasteiger partial charge in [0.15, 0.2) is 0 Å². The number of esters is 2. The topological polar surface area (TPSA) is 82.6 Å². The zero-order valence-electron chi connectivity index (χ0n) is 39.5. The van der Waals surface area contributed by atoms with Crippen LogP contribution in [-0.2, 0) is 19.1 Å². The Hall–Kier alpha value is -1.22. The number of unbranched alkanes of at least 4 members (excludes halogenated alkanes) is 23. The molecular weight excluding hydrogens is 723 g/mol. The predicted molar refractivity (Wildman–Crippen MR) is 249 cm³/mol. The van der Waals surface area contributed by atoms with E-state index in [2.05, 4.69) is 42.4 Å². The van der Waals surface area contributed by atoms with Crippen molar-refractivity contribution in [1.82, 2.24) is 14.7 Å². The van der Waals surface area contributed by atoms with E-state index in [1.165, 1.54) is 128 Å². The first-order valence-electron chi connectivity index (χ1n) is 25.6. The molecular formula is C50H101N3O5. The lowest BCUT2D eigenvalue weighted by Gasteiger charge is -2.22. The predicted octanol–water partition coefficient (Wildman–Crippen LogP) is 12.5. The Kier molecular flexibility index (Phi) is 45.9. The van der Waals surface area contributed by atoms with E-state index < -0.39 is 0 Å². The molecule has 0 aliphatic carbocycles. The maximum atomic E-state index is 12.5. The SMILES string of the molecule is CCCCCCCCN(CCCCCC)CCOC(=O)CCCCCCN(CCCCO)CCCCCCC(=O)OCCN(CCCCCC)CCCCCCCC. The minimum Gasteiger partial charge on any atom is -0.464 e. The molecule has 0 atom stereocenters. The van der Waals surface area contributed by atoms with Crippen LogP contribution in [0, 0.1) is 0 Å². The van der Waals surface area contributed by atoms with Gasteiger partial charge in [-0.25, -0.2) is 0 Å². The summed E-state index contributed by atoms with van der Waals surface area (Å²) < 4.78 is 11.3. The molecule has 0 aromatic carbocycles. The molecule has 8 nitrogen and oxygen atoms in total. The van der Waals surface area contributed by atoms with Crippen molar-refractivity contribution in [1.29, 1.82) is 0 Å². The van der Waals surface area contributed by atoms with Gasteiger partial charge in [-0.2, -0.15) is 0 Å². The van der Waals surface area contributed by atoms with Crippen LogP contribution in [0.15, 0.2) is 0 Å². The quantitative estimate of drug-likeness (QED) is 0.0480. The average Bonchev–Trinajstić information content (AvgIpc) is 3.22. The standard InChI is InChI=1S/C50H101N3O5/c1-5-9-13-17-21-29-41-52(39-27-15-11-7-3)44-47-57-49(55)35-25-19-23-31-37-51(43-33-34-46-54)38-32-24-20-26-36-50(56)58-48-45-53(40-28-16-12-8-4)42-30-22-18-14-10-6-2/h54H,5-48H2,1-4H3. The van der Waals surface area contributed by atoms with Crippen LogP contribution in [0.5, 0.6) is 0 Å². The lowest BCUT2D eigenvalue weighted by Crippen LogP contribution is -2.30. The Balaban J connectivity index is 4.23. The molecule has 0 radical (unpaired) electrons. The Labute approximate surface area is 361 Å². The maximum absolute atomic E-state index is 12.5. The molecule has 346 valence electrons. The molecule has 1 N–H and O–H groups in total. The highest BCUT2D eigenvalue weighted by Gasteiger charge is 2.11. The van der Waals surface area contributed by atoms with Crippen LogP contribution in [0.2, 0.25) is 0 Å². The molecule has 58 heavy (non-hydrogen) atoms. The van der Waals surface area contributed by atoms with Crippen molar-refractivity contribution in [2.75, 3.05) is 78.7 Å². The van der Waals surface area contributed by atoms with Crippen LogP contribution in [0.3, 0.4) is 0 Å². The number of carbonyl (C=O) groups is 2. The first kappa shape index (κ1) is 56.8. The zero-order chi connectivity index (χ0) is 42.4. The summed E-state index contributed by atoms with van der Waals surface area (Å²) in [6, 6.07) is 0. The van der Waals surface area contributed by atoms with E-state index in [9.17, 15) is 14.7 Å². The Morgan fingerprint density at radius 1 is 0.328 bits per heavy atom. The number of aliphatic hydroxyl groups excluding tert-OH is 1. The first-order valence-corrected chi connectivity index (χ1v) is 25.6. The molecule has 0 saturated carbocycles. The van der Waals surface area contributed by atoms with Gasteiger partial charge in [0.1, 0.15) is 13.2 Å². The van der Waals surface area contributed by atoms with Crippen molar-refractivity contribution in [3.05, 3.63) is 0 Å². The summed E-state index contributed by atoms with van der Waals surface area (Å²) in [7, 11) is 0. The van der Waals surface area contributed by atoms with E-state index in [1.54, 1.807) is 0 Å². The highest BCUT2D eigenvalue weighted by atomic mass is 16.5. The van der Waals surface area contributed by atoms with Crippen molar-refractivity contribution in [2.24, 2.45) is 0 Å². The molecule has 0 rings (SSSR count).